The summed E-state index contributed by atoms with van der Waals surface area (Å²) >= 11 is 7.30. The smallest absolute Gasteiger partial charge is 0.261 e. The Kier molecular flexibility index (Phi) is 5.29. The topological polar surface area (TPSA) is 123 Å². The van der Waals surface area contributed by atoms with Crippen LogP contribution in [0.25, 0.3) is 16.8 Å². The van der Waals surface area contributed by atoms with Crippen LogP contribution in [0.2, 0.25) is 4.34 Å². The number of aromatic nitrogens is 3. The molecule has 0 bridgehead atoms. The summed E-state index contributed by atoms with van der Waals surface area (Å²) in [5.74, 6) is 0.675. The molecule has 1 amide bonds. The molecular formula is C24H23ClN6O3S2. The first kappa shape index (κ1) is 23.3. The molecule has 6 rings (SSSR count). The molecule has 1 saturated heterocycles. The second-order valence-electron chi connectivity index (χ2n) is 9.44. The van der Waals surface area contributed by atoms with Crippen molar-refractivity contribution >= 4 is 55.7 Å². The molecule has 36 heavy (non-hydrogen) atoms. The Labute approximate surface area is 216 Å². The van der Waals surface area contributed by atoms with Crippen LogP contribution < -0.4 is 16.0 Å². The van der Waals surface area contributed by atoms with Gasteiger partial charge in [0.05, 0.1) is 31.0 Å². The highest BCUT2D eigenvalue weighted by Crippen LogP contribution is 2.51. The van der Waals surface area contributed by atoms with Crippen LogP contribution in [0.15, 0.2) is 53.7 Å². The zero-order chi connectivity index (χ0) is 25.2. The first-order chi connectivity index (χ1) is 17.1. The lowest BCUT2D eigenvalue weighted by molar-refractivity contribution is 0.0930. The van der Waals surface area contributed by atoms with E-state index < -0.39 is 9.84 Å². The lowest BCUT2D eigenvalue weighted by Crippen LogP contribution is -2.50. The van der Waals surface area contributed by atoms with Crippen molar-refractivity contribution < 1.29 is 13.2 Å². The molecule has 1 aliphatic carbocycles. The third kappa shape index (κ3) is 3.91. The third-order valence-corrected chi connectivity index (χ3v) is 9.45. The van der Waals surface area contributed by atoms with Gasteiger partial charge in [0.1, 0.15) is 11.8 Å². The van der Waals surface area contributed by atoms with Gasteiger partial charge in [0, 0.05) is 24.9 Å². The number of hydrogen-bond donors (Lipinski definition) is 2. The number of nitrogen functional groups attached to an aromatic ring is 1. The summed E-state index contributed by atoms with van der Waals surface area (Å²) in [6, 6.07) is 12.2. The first-order valence-electron chi connectivity index (χ1n) is 11.4. The second-order valence-corrected chi connectivity index (χ2v) is 13.2. The molecule has 0 radical (unpaired) electrons. The Morgan fingerprint density at radius 2 is 2.03 bits per heavy atom. The predicted octanol–water partition coefficient (Wildman–Crippen LogP) is 3.50. The molecule has 186 valence electrons. The van der Waals surface area contributed by atoms with Gasteiger partial charge in [-0.3, -0.25) is 4.79 Å². The van der Waals surface area contributed by atoms with Crippen LogP contribution in [0.3, 0.4) is 0 Å². The number of carbonyl (C=O) groups is 1. The summed E-state index contributed by atoms with van der Waals surface area (Å²) in [6.07, 6.45) is 4.45. The Balaban J connectivity index is 1.35. The van der Waals surface area contributed by atoms with Gasteiger partial charge in [0.25, 0.3) is 5.91 Å². The van der Waals surface area contributed by atoms with E-state index in [4.69, 9.17) is 17.3 Å². The van der Waals surface area contributed by atoms with Crippen molar-refractivity contribution in [3.8, 4) is 11.3 Å². The summed E-state index contributed by atoms with van der Waals surface area (Å²) in [7, 11) is -3.30. The average molecular weight is 543 g/mol. The fraction of sp³-hybridized carbons (Fsp3) is 0.292. The Bertz CT molecular complexity index is 1610. The van der Waals surface area contributed by atoms with Crippen molar-refractivity contribution in [2.45, 2.75) is 23.3 Å². The fourth-order valence-electron chi connectivity index (χ4n) is 5.17. The maximum atomic E-state index is 12.9. The van der Waals surface area contributed by atoms with E-state index in [-0.39, 0.29) is 16.3 Å². The van der Waals surface area contributed by atoms with Crippen LogP contribution in [0.4, 0.5) is 11.5 Å². The standard InChI is InChI=1S/C24H23ClN6O3S2/c1-36(33,34)16-4-2-14(3-5-16)17-10-18(21-22(26)27-13-28-31(17)21)30-9-8-15-11-24(15,12-30)29-23(32)19-6-7-20(25)35-19/h2-7,10,13,15H,8-9,11-12H2,1H3,(H,29,32)(H2,26,27,28)/t15-,24+/m1/s1. The van der Waals surface area contributed by atoms with E-state index in [1.54, 1.807) is 40.9 Å². The van der Waals surface area contributed by atoms with E-state index in [9.17, 15) is 13.2 Å². The van der Waals surface area contributed by atoms with E-state index >= 15 is 0 Å². The van der Waals surface area contributed by atoms with Gasteiger partial charge in [0.15, 0.2) is 15.7 Å². The van der Waals surface area contributed by atoms with Gasteiger partial charge < -0.3 is 16.0 Å². The molecule has 0 unspecified atom stereocenters. The lowest BCUT2D eigenvalue weighted by atomic mass is 10.0. The number of thiophene rings is 1. The third-order valence-electron chi connectivity index (χ3n) is 7.09. The molecule has 2 atom stereocenters. The maximum absolute atomic E-state index is 12.9. The number of halogens is 1. The molecule has 4 heterocycles. The molecule has 2 aliphatic rings. The Morgan fingerprint density at radius 3 is 2.72 bits per heavy atom. The largest absolute Gasteiger partial charge is 0.382 e. The van der Waals surface area contributed by atoms with Crippen LogP contribution in [-0.2, 0) is 9.84 Å². The van der Waals surface area contributed by atoms with E-state index in [2.05, 4.69) is 20.3 Å². The maximum Gasteiger partial charge on any atom is 0.261 e. The summed E-state index contributed by atoms with van der Waals surface area (Å²) in [5.41, 5.74) is 9.16. The highest BCUT2D eigenvalue weighted by molar-refractivity contribution is 7.90. The van der Waals surface area contributed by atoms with Crippen LogP contribution >= 0.6 is 22.9 Å². The fourth-order valence-corrected chi connectivity index (χ4v) is 6.74. The van der Waals surface area contributed by atoms with Gasteiger partial charge >= 0.3 is 0 Å². The van der Waals surface area contributed by atoms with Crippen molar-refractivity contribution in [1.29, 1.82) is 0 Å². The number of carbonyl (C=O) groups excluding carboxylic acids is 1. The SMILES string of the molecule is CS(=O)(=O)c1ccc(-c2cc(N3CC[C@@H]4C[C@]4(NC(=O)c4ccc(Cl)s4)C3)c3c(N)ncnn23)cc1. The van der Waals surface area contributed by atoms with Crippen LogP contribution in [0.5, 0.6) is 0 Å². The highest BCUT2D eigenvalue weighted by atomic mass is 35.5. The minimum Gasteiger partial charge on any atom is -0.382 e. The quantitative estimate of drug-likeness (QED) is 0.395. The van der Waals surface area contributed by atoms with Crippen molar-refractivity contribution in [3.05, 3.63) is 58.0 Å². The number of piperidine rings is 1. The van der Waals surface area contributed by atoms with Crippen LogP contribution in [0.1, 0.15) is 22.5 Å². The van der Waals surface area contributed by atoms with Crippen molar-refractivity contribution in [1.82, 2.24) is 19.9 Å². The lowest BCUT2D eigenvalue weighted by Gasteiger charge is -2.34. The first-order valence-corrected chi connectivity index (χ1v) is 14.5. The zero-order valence-corrected chi connectivity index (χ0v) is 21.7. The molecule has 12 heteroatoms. The van der Waals surface area contributed by atoms with Gasteiger partial charge in [-0.15, -0.1) is 11.3 Å². The molecule has 3 aromatic heterocycles. The van der Waals surface area contributed by atoms with Gasteiger partial charge in [-0.05, 0) is 49.1 Å². The number of benzene rings is 1. The van der Waals surface area contributed by atoms with Crippen molar-refractivity contribution in [2.24, 2.45) is 5.92 Å². The number of fused-ring (bicyclic) bond motifs is 2. The number of hydrogen-bond acceptors (Lipinski definition) is 8. The number of rotatable bonds is 5. The number of sulfone groups is 1. The van der Waals surface area contributed by atoms with Gasteiger partial charge in [0.2, 0.25) is 0 Å². The Hall–Kier alpha value is -3.15. The van der Waals surface area contributed by atoms with Crippen LogP contribution in [0, 0.1) is 5.92 Å². The van der Waals surface area contributed by atoms with Crippen molar-refractivity contribution in [3.63, 3.8) is 0 Å². The highest BCUT2D eigenvalue weighted by Gasteiger charge is 2.58. The van der Waals surface area contributed by atoms with E-state index in [1.807, 2.05) is 6.07 Å². The summed E-state index contributed by atoms with van der Waals surface area (Å²) in [5, 5.41) is 7.71. The van der Waals surface area contributed by atoms with Crippen molar-refractivity contribution in [2.75, 3.05) is 30.0 Å². The molecule has 2 fully saturated rings. The van der Waals surface area contributed by atoms with E-state index in [1.165, 1.54) is 23.9 Å². The Morgan fingerprint density at radius 1 is 1.25 bits per heavy atom. The molecular weight excluding hydrogens is 520 g/mol. The molecule has 3 N–H and O–H groups in total. The summed E-state index contributed by atoms with van der Waals surface area (Å²) in [4.78, 5) is 20.2. The van der Waals surface area contributed by atoms with E-state index in [0.29, 0.717) is 33.0 Å². The number of anilines is 2. The summed E-state index contributed by atoms with van der Waals surface area (Å²) < 4.78 is 26.1. The van der Waals surface area contributed by atoms with E-state index in [0.717, 1.165) is 36.3 Å². The number of nitrogens with one attached hydrogen (secondary N) is 1. The minimum absolute atomic E-state index is 0.104. The number of nitrogens with zero attached hydrogens (tertiary/aromatic N) is 4. The summed E-state index contributed by atoms with van der Waals surface area (Å²) in [6.45, 7) is 1.45. The monoisotopic (exact) mass is 542 g/mol. The molecule has 1 saturated carbocycles. The van der Waals surface area contributed by atoms with Gasteiger partial charge in [-0.1, -0.05) is 23.7 Å². The van der Waals surface area contributed by atoms with Gasteiger partial charge in [-0.2, -0.15) is 5.10 Å². The number of amides is 1. The van der Waals surface area contributed by atoms with Gasteiger partial charge in [-0.25, -0.2) is 17.9 Å². The molecule has 1 aliphatic heterocycles. The van der Waals surface area contributed by atoms with Crippen LogP contribution in [-0.4, -0.2) is 53.8 Å². The second kappa shape index (κ2) is 8.19. The predicted molar refractivity (Wildman–Crippen MR) is 140 cm³/mol. The molecule has 9 nitrogen and oxygen atoms in total. The average Bonchev–Trinajstić information content (AvgIpc) is 3.15. The zero-order valence-electron chi connectivity index (χ0n) is 19.3. The molecule has 1 aromatic carbocycles. The minimum atomic E-state index is -3.30. The normalized spacial score (nSPS) is 21.4. The number of nitrogens with two attached hydrogens (primary N) is 1. The molecule has 4 aromatic rings. The molecule has 0 spiro atoms.